The minimum atomic E-state index is -1.04. The lowest BCUT2D eigenvalue weighted by atomic mass is 9.94. The van der Waals surface area contributed by atoms with Crippen LogP contribution in [0.25, 0.3) is 6.08 Å². The zero-order chi connectivity index (χ0) is 22.2. The summed E-state index contributed by atoms with van der Waals surface area (Å²) in [5, 5.41) is 11.9. The molecule has 1 aromatic carbocycles. The highest BCUT2D eigenvalue weighted by Gasteiger charge is 2.33. The molecule has 7 nitrogen and oxygen atoms in total. The fraction of sp³-hybridized carbons (Fsp3) is 0.391. The van der Waals surface area contributed by atoms with Crippen molar-refractivity contribution >= 4 is 34.4 Å². The molecule has 1 heterocycles. The van der Waals surface area contributed by atoms with Crippen LogP contribution in [0.4, 0.5) is 5.13 Å². The highest BCUT2D eigenvalue weighted by molar-refractivity contribution is 7.13. The van der Waals surface area contributed by atoms with Gasteiger partial charge in [0.05, 0.1) is 7.11 Å². The van der Waals surface area contributed by atoms with E-state index in [0.29, 0.717) is 16.4 Å². The Morgan fingerprint density at radius 3 is 2.55 bits per heavy atom. The molecule has 1 saturated carbocycles. The van der Waals surface area contributed by atoms with E-state index < -0.39 is 12.1 Å². The van der Waals surface area contributed by atoms with Crippen molar-refractivity contribution in [1.29, 1.82) is 5.26 Å². The average Bonchev–Trinajstić information content (AvgIpc) is 3.33. The van der Waals surface area contributed by atoms with Gasteiger partial charge in [0.1, 0.15) is 17.4 Å². The molecule has 1 aliphatic carbocycles. The van der Waals surface area contributed by atoms with Crippen LogP contribution in [0.2, 0.25) is 0 Å². The van der Waals surface area contributed by atoms with E-state index in [1.54, 1.807) is 42.5 Å². The van der Waals surface area contributed by atoms with E-state index in [1.807, 2.05) is 11.4 Å². The van der Waals surface area contributed by atoms with Gasteiger partial charge >= 0.3 is 5.97 Å². The Morgan fingerprint density at radius 2 is 1.97 bits per heavy atom. The highest BCUT2D eigenvalue weighted by Crippen LogP contribution is 2.29. The number of thiazole rings is 1. The molecular formula is C23H25N3O4S. The van der Waals surface area contributed by atoms with Gasteiger partial charge in [-0.1, -0.05) is 31.4 Å². The Balaban J connectivity index is 1.73. The number of methoxy groups -OCH3 is 1. The lowest BCUT2D eigenvalue weighted by Crippen LogP contribution is -2.47. The standard InChI is InChI=1S/C23H25N3O4S/c1-16(21(27)26(23-25-12-13-31-23)19-6-4-3-5-7-19)30-22(28)18(15-24)14-17-8-10-20(29-2)11-9-17/h8-14,16,19H,3-7H2,1-2H3/b18-14+. The summed E-state index contributed by atoms with van der Waals surface area (Å²) in [6.07, 6.45) is 7.10. The van der Waals surface area contributed by atoms with Crippen LogP contribution in [0, 0.1) is 11.3 Å². The third-order valence-corrected chi connectivity index (χ3v) is 5.97. The number of ether oxygens (including phenoxy) is 2. The van der Waals surface area contributed by atoms with Gasteiger partial charge in [0.2, 0.25) is 0 Å². The smallest absolute Gasteiger partial charge is 0.349 e. The predicted octanol–water partition coefficient (Wildman–Crippen LogP) is 4.36. The van der Waals surface area contributed by atoms with Gasteiger partial charge < -0.3 is 9.47 Å². The number of anilines is 1. The van der Waals surface area contributed by atoms with Gasteiger partial charge in [-0.05, 0) is 43.5 Å². The first-order valence-electron chi connectivity index (χ1n) is 10.2. The van der Waals surface area contributed by atoms with Crippen molar-refractivity contribution in [1.82, 2.24) is 4.98 Å². The first kappa shape index (κ1) is 22.5. The molecule has 0 bridgehead atoms. The number of rotatable bonds is 7. The number of nitrogens with zero attached hydrogens (tertiary/aromatic N) is 3. The van der Waals surface area contributed by atoms with Crippen LogP contribution in [-0.2, 0) is 14.3 Å². The highest BCUT2D eigenvalue weighted by atomic mass is 32.1. The lowest BCUT2D eigenvalue weighted by Gasteiger charge is -2.33. The van der Waals surface area contributed by atoms with Gasteiger partial charge in [0.25, 0.3) is 5.91 Å². The van der Waals surface area contributed by atoms with Gasteiger partial charge in [0, 0.05) is 17.6 Å². The summed E-state index contributed by atoms with van der Waals surface area (Å²) in [5.74, 6) is -0.485. The van der Waals surface area contributed by atoms with Crippen molar-refractivity contribution in [2.75, 3.05) is 12.0 Å². The molecule has 1 fully saturated rings. The number of esters is 1. The number of amides is 1. The molecule has 31 heavy (non-hydrogen) atoms. The summed E-state index contributed by atoms with van der Waals surface area (Å²) in [4.78, 5) is 31.8. The van der Waals surface area contributed by atoms with Crippen LogP contribution in [-0.4, -0.2) is 36.1 Å². The number of benzene rings is 1. The van der Waals surface area contributed by atoms with Crippen molar-refractivity contribution < 1.29 is 19.1 Å². The number of nitriles is 1. The van der Waals surface area contributed by atoms with Gasteiger partial charge in [-0.25, -0.2) is 9.78 Å². The molecule has 162 valence electrons. The van der Waals surface area contributed by atoms with Crippen LogP contribution in [0.3, 0.4) is 0 Å². The van der Waals surface area contributed by atoms with Crippen molar-refractivity contribution in [2.24, 2.45) is 0 Å². The maximum Gasteiger partial charge on any atom is 0.349 e. The van der Waals surface area contributed by atoms with E-state index in [9.17, 15) is 14.9 Å². The van der Waals surface area contributed by atoms with Crippen LogP contribution in [0.1, 0.15) is 44.6 Å². The Morgan fingerprint density at radius 1 is 1.26 bits per heavy atom. The van der Waals surface area contributed by atoms with E-state index in [0.717, 1.165) is 32.1 Å². The molecule has 1 atom stereocenters. The second-order valence-corrected chi connectivity index (χ2v) is 8.18. The Labute approximate surface area is 185 Å². The summed E-state index contributed by atoms with van der Waals surface area (Å²) < 4.78 is 10.5. The fourth-order valence-corrected chi connectivity index (χ4v) is 4.30. The van der Waals surface area contributed by atoms with Crippen molar-refractivity contribution in [3.63, 3.8) is 0 Å². The first-order chi connectivity index (χ1) is 15.0. The van der Waals surface area contributed by atoms with Crippen LogP contribution in [0.5, 0.6) is 5.75 Å². The summed E-state index contributed by atoms with van der Waals surface area (Å²) >= 11 is 1.38. The average molecular weight is 440 g/mol. The van der Waals surface area contributed by atoms with E-state index in [1.165, 1.54) is 24.3 Å². The van der Waals surface area contributed by atoms with Crippen molar-refractivity contribution in [3.8, 4) is 11.8 Å². The maximum atomic E-state index is 13.2. The molecule has 8 heteroatoms. The summed E-state index contributed by atoms with van der Waals surface area (Å²) in [5.41, 5.74) is 0.475. The third kappa shape index (κ3) is 5.70. The molecule has 0 saturated heterocycles. The normalized spacial score (nSPS) is 15.6. The molecule has 3 rings (SSSR count). The molecule has 0 aliphatic heterocycles. The quantitative estimate of drug-likeness (QED) is 0.362. The monoisotopic (exact) mass is 439 g/mol. The SMILES string of the molecule is COc1ccc(/C=C(\C#N)C(=O)OC(C)C(=O)N(c2nccs2)C2CCCCC2)cc1. The number of carbonyl (C=O) groups excluding carboxylic acids is 2. The fourth-order valence-electron chi connectivity index (χ4n) is 3.58. The maximum absolute atomic E-state index is 13.2. The molecule has 2 aromatic rings. The molecular weight excluding hydrogens is 414 g/mol. The van der Waals surface area contributed by atoms with E-state index in [4.69, 9.17) is 9.47 Å². The minimum Gasteiger partial charge on any atom is -0.497 e. The van der Waals surface area contributed by atoms with E-state index in [2.05, 4.69) is 4.98 Å². The molecule has 1 aliphatic rings. The van der Waals surface area contributed by atoms with Gasteiger partial charge in [-0.3, -0.25) is 9.69 Å². The van der Waals surface area contributed by atoms with Crippen LogP contribution in [0.15, 0.2) is 41.4 Å². The number of carbonyl (C=O) groups is 2. The topological polar surface area (TPSA) is 92.5 Å². The van der Waals surface area contributed by atoms with E-state index >= 15 is 0 Å². The molecule has 0 N–H and O–H groups in total. The zero-order valence-electron chi connectivity index (χ0n) is 17.6. The minimum absolute atomic E-state index is 0.0406. The second kappa shape index (κ2) is 10.7. The zero-order valence-corrected chi connectivity index (χ0v) is 18.4. The largest absolute Gasteiger partial charge is 0.497 e. The molecule has 1 unspecified atom stereocenters. The van der Waals surface area contributed by atoms with Gasteiger partial charge in [-0.15, -0.1) is 11.3 Å². The first-order valence-corrected chi connectivity index (χ1v) is 11.1. The second-order valence-electron chi connectivity index (χ2n) is 7.31. The number of hydrogen-bond acceptors (Lipinski definition) is 7. The van der Waals surface area contributed by atoms with E-state index in [-0.39, 0.29) is 17.5 Å². The predicted molar refractivity (Wildman–Crippen MR) is 119 cm³/mol. The summed E-state index contributed by atoms with van der Waals surface area (Å²) in [6, 6.07) is 8.82. The van der Waals surface area contributed by atoms with Crippen LogP contribution >= 0.6 is 11.3 Å². The van der Waals surface area contributed by atoms with Gasteiger partial charge in [0.15, 0.2) is 11.2 Å². The Bertz CT molecular complexity index is 958. The molecule has 1 aromatic heterocycles. The summed E-state index contributed by atoms with van der Waals surface area (Å²) in [6.45, 7) is 1.53. The number of hydrogen-bond donors (Lipinski definition) is 0. The van der Waals surface area contributed by atoms with Gasteiger partial charge in [-0.2, -0.15) is 5.26 Å². The third-order valence-electron chi connectivity index (χ3n) is 5.20. The molecule has 0 radical (unpaired) electrons. The van der Waals surface area contributed by atoms with Crippen LogP contribution < -0.4 is 9.64 Å². The number of aromatic nitrogens is 1. The Hall–Kier alpha value is -3.18. The Kier molecular flexibility index (Phi) is 7.79. The summed E-state index contributed by atoms with van der Waals surface area (Å²) in [7, 11) is 1.56. The molecule has 1 amide bonds. The van der Waals surface area contributed by atoms with Crippen molar-refractivity contribution in [2.45, 2.75) is 51.2 Å². The molecule has 0 spiro atoms. The lowest BCUT2D eigenvalue weighted by molar-refractivity contribution is -0.149. The van der Waals surface area contributed by atoms with Crippen molar-refractivity contribution in [3.05, 3.63) is 47.0 Å².